The number of halogens is 6. The third-order valence-corrected chi connectivity index (χ3v) is 6.82. The first-order valence-corrected chi connectivity index (χ1v) is 12.1. The Morgan fingerprint density at radius 2 is 1.68 bits per heavy atom. The molecule has 1 unspecified atom stereocenters. The largest absolute Gasteiger partial charge is 0.417 e. The molecule has 1 N–H and O–H groups in total. The van der Waals surface area contributed by atoms with Gasteiger partial charge in [0.15, 0.2) is 5.82 Å². The van der Waals surface area contributed by atoms with Crippen LogP contribution in [0.5, 0.6) is 0 Å². The summed E-state index contributed by atoms with van der Waals surface area (Å²) in [6.45, 7) is 1.94. The van der Waals surface area contributed by atoms with Crippen LogP contribution in [0.25, 0.3) is 17.1 Å². The summed E-state index contributed by atoms with van der Waals surface area (Å²) in [5.74, 6) is 0.120. The van der Waals surface area contributed by atoms with Gasteiger partial charge in [-0.3, -0.25) is 0 Å². The number of nitrogens with zero attached hydrogens (tertiary/aromatic N) is 2. The summed E-state index contributed by atoms with van der Waals surface area (Å²) in [6.07, 6.45) is -3.76. The van der Waals surface area contributed by atoms with E-state index in [9.17, 15) is 26.3 Å². The molecule has 1 atom stereocenters. The number of rotatable bonds is 4. The quantitative estimate of drug-likeness (QED) is 0.281. The second-order valence-corrected chi connectivity index (χ2v) is 9.20. The molecule has 2 aliphatic rings. The van der Waals surface area contributed by atoms with E-state index in [1.54, 1.807) is 6.08 Å². The highest BCUT2D eigenvalue weighted by Crippen LogP contribution is 2.40. The van der Waals surface area contributed by atoms with Gasteiger partial charge in [-0.2, -0.15) is 26.3 Å². The molecule has 0 saturated heterocycles. The van der Waals surface area contributed by atoms with Crippen molar-refractivity contribution >= 4 is 11.5 Å². The Morgan fingerprint density at radius 3 is 2.41 bits per heavy atom. The molecule has 2 aromatic carbocycles. The van der Waals surface area contributed by atoms with E-state index in [1.165, 1.54) is 24.3 Å². The minimum Gasteiger partial charge on any atom is -0.333 e. The van der Waals surface area contributed by atoms with Crippen molar-refractivity contribution in [3.05, 3.63) is 87.8 Å². The van der Waals surface area contributed by atoms with Gasteiger partial charge in [-0.1, -0.05) is 36.9 Å². The van der Waals surface area contributed by atoms with E-state index >= 15 is 0 Å². The highest BCUT2D eigenvalue weighted by atomic mass is 19.4. The van der Waals surface area contributed by atoms with Gasteiger partial charge in [0, 0.05) is 28.3 Å². The first kappa shape index (κ1) is 25.1. The molecule has 2 aliphatic carbocycles. The maximum atomic E-state index is 13.7. The molecule has 0 bridgehead atoms. The molecule has 3 nitrogen and oxygen atoms in total. The summed E-state index contributed by atoms with van der Waals surface area (Å²) in [5, 5.41) is 3.13. The van der Waals surface area contributed by atoms with Crippen LogP contribution < -0.4 is 5.32 Å². The number of aryl methyl sites for hydroxylation is 1. The first-order chi connectivity index (χ1) is 17.6. The highest BCUT2D eigenvalue weighted by Gasteiger charge is 2.35. The van der Waals surface area contributed by atoms with Gasteiger partial charge >= 0.3 is 12.4 Å². The third kappa shape index (κ3) is 4.88. The van der Waals surface area contributed by atoms with Crippen LogP contribution in [0.2, 0.25) is 0 Å². The number of allylic oxidation sites excluding steroid dienone is 1. The molecule has 9 heteroatoms. The van der Waals surface area contributed by atoms with Crippen molar-refractivity contribution in [3.8, 4) is 11.4 Å². The zero-order valence-electron chi connectivity index (χ0n) is 19.9. The van der Waals surface area contributed by atoms with E-state index < -0.39 is 23.5 Å². The van der Waals surface area contributed by atoms with Crippen LogP contribution in [0.3, 0.4) is 0 Å². The summed E-state index contributed by atoms with van der Waals surface area (Å²) in [5.41, 5.74) is 4.08. The number of anilines is 1. The lowest BCUT2D eigenvalue weighted by molar-refractivity contribution is -0.138. The van der Waals surface area contributed by atoms with Crippen LogP contribution in [0.15, 0.2) is 54.3 Å². The summed E-state index contributed by atoms with van der Waals surface area (Å²) >= 11 is 0. The van der Waals surface area contributed by atoms with Crippen molar-refractivity contribution in [2.45, 2.75) is 57.3 Å². The first-order valence-electron chi connectivity index (χ1n) is 12.1. The Kier molecular flexibility index (Phi) is 6.36. The van der Waals surface area contributed by atoms with Gasteiger partial charge in [-0.15, -0.1) is 0 Å². The number of aromatic nitrogens is 2. The molecule has 0 radical (unpaired) electrons. The molecule has 0 aliphatic heterocycles. The molecule has 37 heavy (non-hydrogen) atoms. The van der Waals surface area contributed by atoms with E-state index in [2.05, 4.69) is 21.0 Å². The van der Waals surface area contributed by atoms with Gasteiger partial charge in [0.05, 0.1) is 16.8 Å². The van der Waals surface area contributed by atoms with E-state index in [-0.39, 0.29) is 17.3 Å². The summed E-state index contributed by atoms with van der Waals surface area (Å²) in [6, 6.07) is 8.75. The van der Waals surface area contributed by atoms with Gasteiger partial charge in [0.25, 0.3) is 0 Å². The van der Waals surface area contributed by atoms with Crippen LogP contribution in [0.1, 0.15) is 65.6 Å². The van der Waals surface area contributed by atoms with Crippen molar-refractivity contribution in [1.82, 2.24) is 9.97 Å². The maximum Gasteiger partial charge on any atom is 0.417 e. The van der Waals surface area contributed by atoms with Crippen molar-refractivity contribution < 1.29 is 26.3 Å². The van der Waals surface area contributed by atoms with Gasteiger partial charge in [0.2, 0.25) is 0 Å². The predicted octanol–water partition coefficient (Wildman–Crippen LogP) is 8.18. The number of benzene rings is 2. The van der Waals surface area contributed by atoms with Crippen LogP contribution in [-0.4, -0.2) is 9.97 Å². The topological polar surface area (TPSA) is 37.8 Å². The summed E-state index contributed by atoms with van der Waals surface area (Å²) in [4.78, 5) is 8.98. The van der Waals surface area contributed by atoms with E-state index in [0.29, 0.717) is 42.0 Å². The Bertz CT molecular complexity index is 1410. The Morgan fingerprint density at radius 1 is 0.919 bits per heavy atom. The van der Waals surface area contributed by atoms with Crippen molar-refractivity contribution in [3.63, 3.8) is 0 Å². The van der Waals surface area contributed by atoms with Crippen LogP contribution >= 0.6 is 0 Å². The third-order valence-electron chi connectivity index (χ3n) is 6.82. The number of fused-ring (bicyclic) bond motifs is 2. The Balaban J connectivity index is 1.65. The molecule has 1 aromatic heterocycles. The second kappa shape index (κ2) is 9.38. The summed E-state index contributed by atoms with van der Waals surface area (Å²) < 4.78 is 81.8. The predicted molar refractivity (Wildman–Crippen MR) is 129 cm³/mol. The van der Waals surface area contributed by atoms with E-state index in [0.717, 1.165) is 42.2 Å². The lowest BCUT2D eigenvalue weighted by Crippen LogP contribution is -2.16. The highest BCUT2D eigenvalue weighted by molar-refractivity contribution is 5.81. The SMILES string of the molecule is CCC1C=C=C(Nc2nc(-c3ccccc3C(F)(F)F)nc3c2CCCC3)c2cc(C(F)(F)F)ccc21. The fourth-order valence-corrected chi connectivity index (χ4v) is 4.93. The average molecular weight is 516 g/mol. The molecule has 3 aromatic rings. The minimum absolute atomic E-state index is 0.0767. The van der Waals surface area contributed by atoms with Gasteiger partial charge in [-0.05, 0) is 61.9 Å². The average Bonchev–Trinajstić information content (AvgIpc) is 2.87. The second-order valence-electron chi connectivity index (χ2n) is 9.20. The van der Waals surface area contributed by atoms with E-state index in [4.69, 9.17) is 0 Å². The lowest BCUT2D eigenvalue weighted by atomic mass is 9.86. The Hall–Kier alpha value is -3.58. The smallest absolute Gasteiger partial charge is 0.333 e. The number of hydrogen-bond acceptors (Lipinski definition) is 3. The normalized spacial score (nSPS) is 17.2. The zero-order chi connectivity index (χ0) is 26.4. The minimum atomic E-state index is -4.60. The summed E-state index contributed by atoms with van der Waals surface area (Å²) in [7, 11) is 0. The lowest BCUT2D eigenvalue weighted by Gasteiger charge is -2.25. The van der Waals surface area contributed by atoms with Gasteiger partial charge < -0.3 is 5.32 Å². The molecule has 0 fully saturated rings. The van der Waals surface area contributed by atoms with Crippen LogP contribution in [-0.2, 0) is 25.2 Å². The van der Waals surface area contributed by atoms with Crippen LogP contribution in [0.4, 0.5) is 32.2 Å². The molecule has 192 valence electrons. The zero-order valence-corrected chi connectivity index (χ0v) is 19.9. The number of nitrogens with one attached hydrogen (secondary N) is 1. The monoisotopic (exact) mass is 515 g/mol. The molecular weight excluding hydrogens is 492 g/mol. The molecule has 0 saturated carbocycles. The number of alkyl halides is 6. The fraction of sp³-hybridized carbons (Fsp3) is 0.321. The van der Waals surface area contributed by atoms with Crippen molar-refractivity contribution in [1.29, 1.82) is 0 Å². The van der Waals surface area contributed by atoms with Gasteiger partial charge in [0.1, 0.15) is 5.82 Å². The standard InChI is InChI=1S/C28H23F6N3/c1-2-16-11-14-24(21-15-17(27(29,30)31)12-13-18(16)21)36-26-20-8-4-6-10-23(20)35-25(37-26)19-7-3-5-9-22(19)28(32,33)34/h3,5,7,9,11-13,15-16H,2,4,6,8,10H2,1H3,(H,35,36,37). The molecule has 0 amide bonds. The number of hydrogen-bond donors (Lipinski definition) is 1. The molecule has 1 heterocycles. The molecular formula is C28H23F6N3. The van der Waals surface area contributed by atoms with Gasteiger partial charge in [-0.25, -0.2) is 9.97 Å². The molecule has 0 spiro atoms. The Labute approximate surface area is 210 Å². The molecule has 5 rings (SSSR count). The van der Waals surface area contributed by atoms with E-state index in [1.807, 2.05) is 6.92 Å². The van der Waals surface area contributed by atoms with Crippen LogP contribution in [0, 0.1) is 0 Å². The fourth-order valence-electron chi connectivity index (χ4n) is 4.93. The maximum absolute atomic E-state index is 13.7. The van der Waals surface area contributed by atoms with Crippen molar-refractivity contribution in [2.24, 2.45) is 0 Å². The van der Waals surface area contributed by atoms with Crippen molar-refractivity contribution in [2.75, 3.05) is 5.32 Å².